The molecule has 2 aromatic carbocycles. The summed E-state index contributed by atoms with van der Waals surface area (Å²) in [5.74, 6) is 5.42. The summed E-state index contributed by atoms with van der Waals surface area (Å²) in [4.78, 5) is 11.9. The summed E-state index contributed by atoms with van der Waals surface area (Å²) < 4.78 is 0. The first-order valence-electron chi connectivity index (χ1n) is 5.85. The molecule has 0 aliphatic rings. The van der Waals surface area contributed by atoms with Gasteiger partial charge in [-0.2, -0.15) is 0 Å². The average molecular weight is 234 g/mol. The van der Waals surface area contributed by atoms with Gasteiger partial charge in [-0.25, -0.2) is 0 Å². The smallest absolute Gasteiger partial charge is 0.236 e. The van der Waals surface area contributed by atoms with E-state index in [1.807, 2.05) is 56.3 Å². The van der Waals surface area contributed by atoms with Crippen LogP contribution in [-0.4, -0.2) is 5.78 Å². The van der Waals surface area contributed by atoms with E-state index in [2.05, 4.69) is 11.8 Å². The van der Waals surface area contributed by atoms with E-state index in [0.717, 1.165) is 11.1 Å². The second kappa shape index (κ2) is 5.33. The number of hydrogen-bond donors (Lipinski definition) is 0. The van der Waals surface area contributed by atoms with E-state index in [1.54, 1.807) is 6.07 Å². The number of benzene rings is 2. The van der Waals surface area contributed by atoms with Gasteiger partial charge in [0.1, 0.15) is 0 Å². The predicted octanol–water partition coefficient (Wildman–Crippen LogP) is 3.54. The molecule has 0 aliphatic heterocycles. The second-order valence-corrected chi connectivity index (χ2v) is 4.31. The van der Waals surface area contributed by atoms with Gasteiger partial charge >= 0.3 is 0 Å². The molecule has 0 spiro atoms. The fourth-order valence-electron chi connectivity index (χ4n) is 1.62. The highest BCUT2D eigenvalue weighted by molar-refractivity contribution is 6.09. The molecule has 0 radical (unpaired) electrons. The van der Waals surface area contributed by atoms with Crippen molar-refractivity contribution in [2.75, 3.05) is 0 Å². The minimum atomic E-state index is -0.140. The van der Waals surface area contributed by atoms with E-state index in [1.165, 1.54) is 5.56 Å². The summed E-state index contributed by atoms with van der Waals surface area (Å²) in [5.41, 5.74) is 3.76. The van der Waals surface area contributed by atoms with Gasteiger partial charge < -0.3 is 0 Å². The van der Waals surface area contributed by atoms with E-state index in [0.29, 0.717) is 5.56 Å². The fraction of sp³-hybridized carbons (Fsp3) is 0.118. The maximum absolute atomic E-state index is 11.9. The van der Waals surface area contributed by atoms with Crippen LogP contribution in [-0.2, 0) is 0 Å². The van der Waals surface area contributed by atoms with Crippen molar-refractivity contribution in [3.05, 3.63) is 70.8 Å². The Morgan fingerprint density at radius 1 is 0.944 bits per heavy atom. The van der Waals surface area contributed by atoms with Crippen LogP contribution in [0.2, 0.25) is 0 Å². The molecule has 0 aliphatic carbocycles. The summed E-state index contributed by atoms with van der Waals surface area (Å²) in [7, 11) is 0. The van der Waals surface area contributed by atoms with E-state index in [-0.39, 0.29) is 5.78 Å². The molecule has 0 amide bonds. The second-order valence-electron chi connectivity index (χ2n) is 4.31. The lowest BCUT2D eigenvalue weighted by Gasteiger charge is -1.95. The minimum Gasteiger partial charge on any atom is -0.279 e. The van der Waals surface area contributed by atoms with Gasteiger partial charge in [-0.1, -0.05) is 47.4 Å². The van der Waals surface area contributed by atoms with Crippen LogP contribution in [0, 0.1) is 25.7 Å². The fourth-order valence-corrected chi connectivity index (χ4v) is 1.62. The van der Waals surface area contributed by atoms with Crippen molar-refractivity contribution in [1.82, 2.24) is 0 Å². The van der Waals surface area contributed by atoms with E-state index in [4.69, 9.17) is 0 Å². The van der Waals surface area contributed by atoms with E-state index < -0.39 is 0 Å². The quantitative estimate of drug-likeness (QED) is 0.545. The number of ketones is 1. The molecular formula is C17H14O. The molecule has 18 heavy (non-hydrogen) atoms. The molecule has 1 heteroatoms. The molecule has 0 saturated heterocycles. The van der Waals surface area contributed by atoms with Gasteiger partial charge in [0.2, 0.25) is 5.78 Å². The maximum Gasteiger partial charge on any atom is 0.236 e. The largest absolute Gasteiger partial charge is 0.279 e. The Kier molecular flexibility index (Phi) is 3.60. The maximum atomic E-state index is 11.9. The molecule has 0 atom stereocenters. The lowest BCUT2D eigenvalue weighted by atomic mass is 10.1. The van der Waals surface area contributed by atoms with Gasteiger partial charge in [-0.15, -0.1) is 0 Å². The van der Waals surface area contributed by atoms with Crippen LogP contribution in [0.1, 0.15) is 27.0 Å². The van der Waals surface area contributed by atoms with Crippen LogP contribution in [0.3, 0.4) is 0 Å². The van der Waals surface area contributed by atoms with Gasteiger partial charge in [-0.3, -0.25) is 4.79 Å². The first kappa shape index (κ1) is 12.1. The van der Waals surface area contributed by atoms with Gasteiger partial charge in [0, 0.05) is 11.1 Å². The molecule has 88 valence electrons. The summed E-state index contributed by atoms with van der Waals surface area (Å²) in [5, 5.41) is 0. The highest BCUT2D eigenvalue weighted by atomic mass is 16.1. The summed E-state index contributed by atoms with van der Waals surface area (Å²) in [6.07, 6.45) is 0. The van der Waals surface area contributed by atoms with Crippen molar-refractivity contribution in [2.45, 2.75) is 13.8 Å². The predicted molar refractivity (Wildman–Crippen MR) is 73.6 cm³/mol. The summed E-state index contributed by atoms with van der Waals surface area (Å²) in [6, 6.07) is 15.3. The molecule has 0 heterocycles. The zero-order valence-corrected chi connectivity index (χ0v) is 10.5. The van der Waals surface area contributed by atoms with Crippen molar-refractivity contribution >= 4 is 5.78 Å². The SMILES string of the molecule is Cc1ccc(C#CC(=O)c2cccc(C)c2)cc1. The van der Waals surface area contributed by atoms with Gasteiger partial charge in [0.05, 0.1) is 0 Å². The Labute approximate surface area is 107 Å². The summed E-state index contributed by atoms with van der Waals surface area (Å²) in [6.45, 7) is 3.99. The number of carbonyl (C=O) groups excluding carboxylic acids is 1. The van der Waals surface area contributed by atoms with Crippen molar-refractivity contribution in [3.63, 3.8) is 0 Å². The van der Waals surface area contributed by atoms with Crippen molar-refractivity contribution in [2.24, 2.45) is 0 Å². The van der Waals surface area contributed by atoms with Gasteiger partial charge in [-0.05, 0) is 38.0 Å². The van der Waals surface area contributed by atoms with Crippen LogP contribution in [0.4, 0.5) is 0 Å². The third-order valence-corrected chi connectivity index (χ3v) is 2.65. The molecule has 0 saturated carbocycles. The molecule has 2 rings (SSSR count). The number of rotatable bonds is 1. The zero-order valence-electron chi connectivity index (χ0n) is 10.5. The van der Waals surface area contributed by atoms with Gasteiger partial charge in [0.25, 0.3) is 0 Å². The number of Topliss-reactive ketones (excluding diaryl/α,β-unsaturated/α-hetero) is 1. The average Bonchev–Trinajstić information content (AvgIpc) is 2.38. The van der Waals surface area contributed by atoms with Crippen LogP contribution in [0.15, 0.2) is 48.5 Å². The first-order chi connectivity index (χ1) is 8.65. The standard InChI is InChI=1S/C17H14O/c1-13-6-8-15(9-7-13)10-11-17(18)16-5-3-4-14(2)12-16/h3-9,12H,1-2H3. The molecule has 0 bridgehead atoms. The Morgan fingerprint density at radius 3 is 2.33 bits per heavy atom. The minimum absolute atomic E-state index is 0.140. The molecule has 1 nitrogen and oxygen atoms in total. The topological polar surface area (TPSA) is 17.1 Å². The monoisotopic (exact) mass is 234 g/mol. The number of aryl methyl sites for hydroxylation is 2. The lowest BCUT2D eigenvalue weighted by molar-refractivity contribution is 0.105. The van der Waals surface area contributed by atoms with Crippen LogP contribution >= 0.6 is 0 Å². The Hall–Kier alpha value is -2.33. The Balaban J connectivity index is 2.20. The zero-order chi connectivity index (χ0) is 13.0. The number of hydrogen-bond acceptors (Lipinski definition) is 1. The van der Waals surface area contributed by atoms with E-state index in [9.17, 15) is 4.79 Å². The molecule has 2 aromatic rings. The van der Waals surface area contributed by atoms with Crippen LogP contribution in [0.5, 0.6) is 0 Å². The first-order valence-corrected chi connectivity index (χ1v) is 5.85. The molecule has 0 N–H and O–H groups in total. The Morgan fingerprint density at radius 2 is 1.67 bits per heavy atom. The van der Waals surface area contributed by atoms with Gasteiger partial charge in [0.15, 0.2) is 0 Å². The van der Waals surface area contributed by atoms with Crippen molar-refractivity contribution < 1.29 is 4.79 Å². The highest BCUT2D eigenvalue weighted by Crippen LogP contribution is 2.05. The third kappa shape index (κ3) is 3.09. The summed E-state index contributed by atoms with van der Waals surface area (Å²) >= 11 is 0. The molecule has 0 fully saturated rings. The van der Waals surface area contributed by atoms with E-state index >= 15 is 0 Å². The highest BCUT2D eigenvalue weighted by Gasteiger charge is 2.00. The normalized spacial score (nSPS) is 9.44. The molecular weight excluding hydrogens is 220 g/mol. The van der Waals surface area contributed by atoms with Crippen molar-refractivity contribution in [1.29, 1.82) is 0 Å². The number of carbonyl (C=O) groups is 1. The Bertz CT molecular complexity index is 625. The molecule has 0 aromatic heterocycles. The van der Waals surface area contributed by atoms with Crippen LogP contribution in [0.25, 0.3) is 0 Å². The molecule has 0 unspecified atom stereocenters. The van der Waals surface area contributed by atoms with Crippen molar-refractivity contribution in [3.8, 4) is 11.8 Å². The third-order valence-electron chi connectivity index (χ3n) is 2.65. The van der Waals surface area contributed by atoms with Crippen LogP contribution < -0.4 is 0 Å². The lowest BCUT2D eigenvalue weighted by Crippen LogP contribution is -1.95.